The van der Waals surface area contributed by atoms with Gasteiger partial charge in [0.15, 0.2) is 0 Å². The van der Waals surface area contributed by atoms with E-state index in [4.69, 9.17) is 5.11 Å². The van der Waals surface area contributed by atoms with E-state index in [1.165, 1.54) is 0 Å². The lowest BCUT2D eigenvalue weighted by atomic mass is 10.2. The van der Waals surface area contributed by atoms with Crippen molar-refractivity contribution >= 4 is 23.0 Å². The van der Waals surface area contributed by atoms with Crippen molar-refractivity contribution in [2.24, 2.45) is 0 Å². The molecule has 1 aromatic heterocycles. The molecule has 2 aromatic rings. The maximum atomic E-state index is 13.9. The Hall–Kier alpha value is -2.92. The van der Waals surface area contributed by atoms with Crippen LogP contribution >= 0.6 is 0 Å². The Balaban J connectivity index is 1.88. The van der Waals surface area contributed by atoms with Gasteiger partial charge < -0.3 is 15.3 Å². The van der Waals surface area contributed by atoms with Gasteiger partial charge in [-0.3, -0.25) is 15.0 Å². The van der Waals surface area contributed by atoms with Crippen molar-refractivity contribution in [3.05, 3.63) is 46.3 Å². The van der Waals surface area contributed by atoms with E-state index in [1.807, 2.05) is 4.90 Å². The second kappa shape index (κ2) is 8.18. The van der Waals surface area contributed by atoms with Crippen LogP contribution in [0.3, 0.4) is 0 Å². The SMILES string of the molecule is O=[N+]([O-])c1c(Nc2ccc(F)cc2F)ncnc1N1CCN(CCO)CC1. The van der Waals surface area contributed by atoms with Gasteiger partial charge in [0.2, 0.25) is 11.6 Å². The molecular weight excluding hydrogens is 362 g/mol. The predicted octanol–water partition coefficient (Wildman–Crippen LogP) is 1.52. The number of nitrogens with one attached hydrogen (secondary N) is 1. The molecule has 1 saturated heterocycles. The average Bonchev–Trinajstić information content (AvgIpc) is 2.64. The van der Waals surface area contributed by atoms with E-state index in [0.717, 1.165) is 18.5 Å². The monoisotopic (exact) mass is 380 g/mol. The molecule has 1 aromatic carbocycles. The fraction of sp³-hybridized carbons (Fsp3) is 0.375. The summed E-state index contributed by atoms with van der Waals surface area (Å²) in [5.41, 5.74) is -0.506. The van der Waals surface area contributed by atoms with Crippen LogP contribution < -0.4 is 10.2 Å². The quantitative estimate of drug-likeness (QED) is 0.574. The molecule has 0 aliphatic carbocycles. The lowest BCUT2D eigenvalue weighted by Crippen LogP contribution is -2.47. The van der Waals surface area contributed by atoms with Crippen LogP contribution in [0.5, 0.6) is 0 Å². The Kier molecular flexibility index (Phi) is 5.72. The summed E-state index contributed by atoms with van der Waals surface area (Å²) in [6, 6.07) is 2.86. The van der Waals surface area contributed by atoms with E-state index in [1.54, 1.807) is 4.90 Å². The van der Waals surface area contributed by atoms with Crippen molar-refractivity contribution in [1.82, 2.24) is 14.9 Å². The van der Waals surface area contributed by atoms with E-state index >= 15 is 0 Å². The summed E-state index contributed by atoms with van der Waals surface area (Å²) in [7, 11) is 0. The minimum Gasteiger partial charge on any atom is -0.395 e. The standard InChI is InChI=1S/C16H18F2N6O3/c17-11-1-2-13(12(18)9-11)21-15-14(24(26)27)16(20-10-19-15)23-5-3-22(4-6-23)7-8-25/h1-2,9-10,25H,3-8H2,(H,19,20,21). The molecule has 144 valence electrons. The molecule has 27 heavy (non-hydrogen) atoms. The highest BCUT2D eigenvalue weighted by Crippen LogP contribution is 2.34. The number of β-amino-alcohol motifs (C(OH)–C–C–N with tert-alkyl or cyclic N) is 1. The topological polar surface area (TPSA) is 108 Å². The van der Waals surface area contributed by atoms with Gasteiger partial charge in [-0.25, -0.2) is 18.7 Å². The van der Waals surface area contributed by atoms with Crippen molar-refractivity contribution in [3.8, 4) is 0 Å². The maximum absolute atomic E-state index is 13.9. The number of hydrogen-bond donors (Lipinski definition) is 2. The minimum absolute atomic E-state index is 0.0466. The van der Waals surface area contributed by atoms with E-state index in [9.17, 15) is 18.9 Å². The number of rotatable bonds is 6. The number of hydrogen-bond acceptors (Lipinski definition) is 8. The van der Waals surface area contributed by atoms with Crippen LogP contribution in [-0.4, -0.2) is 64.2 Å². The Labute approximate surface area is 153 Å². The zero-order chi connectivity index (χ0) is 19.4. The molecule has 0 amide bonds. The highest BCUT2D eigenvalue weighted by Gasteiger charge is 2.29. The van der Waals surface area contributed by atoms with Crippen LogP contribution in [0.15, 0.2) is 24.5 Å². The Morgan fingerprint density at radius 2 is 1.96 bits per heavy atom. The predicted molar refractivity (Wildman–Crippen MR) is 94.1 cm³/mol. The fourth-order valence-corrected chi connectivity index (χ4v) is 2.90. The molecule has 2 heterocycles. The highest BCUT2D eigenvalue weighted by atomic mass is 19.1. The minimum atomic E-state index is -0.887. The molecular formula is C16H18F2N6O3. The molecule has 3 rings (SSSR count). The van der Waals surface area contributed by atoms with Gasteiger partial charge in [0, 0.05) is 38.8 Å². The molecule has 0 bridgehead atoms. The van der Waals surface area contributed by atoms with Crippen LogP contribution in [-0.2, 0) is 0 Å². The summed E-state index contributed by atoms with van der Waals surface area (Å²) in [6.07, 6.45) is 1.16. The van der Waals surface area contributed by atoms with E-state index < -0.39 is 16.6 Å². The molecule has 2 N–H and O–H groups in total. The third-order valence-electron chi connectivity index (χ3n) is 4.26. The molecule has 0 radical (unpaired) electrons. The van der Waals surface area contributed by atoms with Gasteiger partial charge in [0.25, 0.3) is 0 Å². The smallest absolute Gasteiger partial charge is 0.353 e. The van der Waals surface area contributed by atoms with Crippen molar-refractivity contribution in [1.29, 1.82) is 0 Å². The largest absolute Gasteiger partial charge is 0.395 e. The first-order chi connectivity index (χ1) is 13.0. The molecule has 1 fully saturated rings. The van der Waals surface area contributed by atoms with Gasteiger partial charge in [-0.05, 0) is 12.1 Å². The van der Waals surface area contributed by atoms with Crippen LogP contribution in [0.4, 0.5) is 31.8 Å². The number of nitrogens with zero attached hydrogens (tertiary/aromatic N) is 5. The maximum Gasteiger partial charge on any atom is 0.353 e. The fourth-order valence-electron chi connectivity index (χ4n) is 2.90. The van der Waals surface area contributed by atoms with Gasteiger partial charge in [0.1, 0.15) is 18.0 Å². The van der Waals surface area contributed by atoms with Crippen molar-refractivity contribution in [3.63, 3.8) is 0 Å². The molecule has 0 spiro atoms. The summed E-state index contributed by atoms with van der Waals surface area (Å²) >= 11 is 0. The number of anilines is 3. The van der Waals surface area contributed by atoms with Crippen LogP contribution in [0.1, 0.15) is 0 Å². The normalized spacial score (nSPS) is 15.0. The molecule has 0 saturated carbocycles. The zero-order valence-electron chi connectivity index (χ0n) is 14.3. The van der Waals surface area contributed by atoms with E-state index in [0.29, 0.717) is 38.8 Å². The summed E-state index contributed by atoms with van der Waals surface area (Å²) in [5.74, 6) is -1.68. The number of benzene rings is 1. The Morgan fingerprint density at radius 1 is 1.22 bits per heavy atom. The highest BCUT2D eigenvalue weighted by molar-refractivity contribution is 5.74. The first kappa shape index (κ1) is 18.9. The van der Waals surface area contributed by atoms with Gasteiger partial charge in [-0.1, -0.05) is 0 Å². The number of aromatic nitrogens is 2. The lowest BCUT2D eigenvalue weighted by molar-refractivity contribution is -0.383. The Bertz CT molecular complexity index is 830. The Morgan fingerprint density at radius 3 is 2.59 bits per heavy atom. The van der Waals surface area contributed by atoms with Gasteiger partial charge in [0.05, 0.1) is 17.2 Å². The number of aliphatic hydroxyl groups excluding tert-OH is 1. The van der Waals surface area contributed by atoms with Crippen molar-refractivity contribution in [2.45, 2.75) is 0 Å². The molecule has 11 heteroatoms. The van der Waals surface area contributed by atoms with Crippen LogP contribution in [0.25, 0.3) is 0 Å². The van der Waals surface area contributed by atoms with Crippen LogP contribution in [0.2, 0.25) is 0 Å². The second-order valence-corrected chi connectivity index (χ2v) is 5.95. The molecule has 9 nitrogen and oxygen atoms in total. The summed E-state index contributed by atoms with van der Waals surface area (Å²) in [5, 5.41) is 23.2. The van der Waals surface area contributed by atoms with E-state index in [-0.39, 0.29) is 29.6 Å². The third kappa shape index (κ3) is 4.26. The number of nitro groups is 1. The molecule has 0 atom stereocenters. The first-order valence-electron chi connectivity index (χ1n) is 8.29. The zero-order valence-corrected chi connectivity index (χ0v) is 14.3. The van der Waals surface area contributed by atoms with Gasteiger partial charge in [-0.15, -0.1) is 0 Å². The molecule has 0 unspecified atom stereocenters. The van der Waals surface area contributed by atoms with Crippen molar-refractivity contribution in [2.75, 3.05) is 49.5 Å². The lowest BCUT2D eigenvalue weighted by Gasteiger charge is -2.34. The summed E-state index contributed by atoms with van der Waals surface area (Å²) < 4.78 is 26.9. The first-order valence-corrected chi connectivity index (χ1v) is 8.29. The average molecular weight is 380 g/mol. The van der Waals surface area contributed by atoms with Gasteiger partial charge >= 0.3 is 5.69 Å². The number of aliphatic hydroxyl groups is 1. The molecule has 1 aliphatic heterocycles. The van der Waals surface area contributed by atoms with Crippen molar-refractivity contribution < 1.29 is 18.8 Å². The molecule has 1 aliphatic rings. The van der Waals surface area contributed by atoms with Gasteiger partial charge in [-0.2, -0.15) is 0 Å². The summed E-state index contributed by atoms with van der Waals surface area (Å²) in [4.78, 5) is 22.7. The van der Waals surface area contributed by atoms with Crippen LogP contribution in [0, 0.1) is 21.7 Å². The second-order valence-electron chi connectivity index (χ2n) is 5.95. The van der Waals surface area contributed by atoms with E-state index in [2.05, 4.69) is 15.3 Å². The summed E-state index contributed by atoms with van der Waals surface area (Å²) in [6.45, 7) is 2.81. The number of halogens is 2. The number of piperazine rings is 1. The third-order valence-corrected chi connectivity index (χ3v) is 4.26.